The van der Waals surface area contributed by atoms with Crippen LogP contribution in [-0.4, -0.2) is 62.4 Å². The Morgan fingerprint density at radius 1 is 1.33 bits per heavy atom. The number of ether oxygens (including phenoxy) is 3. The van der Waals surface area contributed by atoms with Gasteiger partial charge < -0.3 is 24.6 Å². The molecule has 9 heteroatoms. The van der Waals surface area contributed by atoms with Gasteiger partial charge >= 0.3 is 6.09 Å². The zero-order valence-corrected chi connectivity index (χ0v) is 12.7. The molecule has 2 N–H and O–H groups in total. The molecule has 0 aliphatic carbocycles. The third-order valence-corrected chi connectivity index (χ3v) is 2.03. The second kappa shape index (κ2) is 11.2. The van der Waals surface area contributed by atoms with Gasteiger partial charge in [-0.25, -0.2) is 4.79 Å². The lowest BCUT2D eigenvalue weighted by molar-refractivity contribution is 0.0233. The highest BCUT2D eigenvalue weighted by Crippen LogP contribution is 2.06. The third-order valence-electron chi connectivity index (χ3n) is 2.03. The van der Waals surface area contributed by atoms with E-state index in [1.165, 1.54) is 0 Å². The van der Waals surface area contributed by atoms with Crippen molar-refractivity contribution in [3.63, 3.8) is 0 Å². The van der Waals surface area contributed by atoms with E-state index in [2.05, 4.69) is 15.3 Å². The van der Waals surface area contributed by atoms with E-state index in [-0.39, 0.29) is 19.8 Å². The molecular formula is C12H24N4O5. The van der Waals surface area contributed by atoms with Gasteiger partial charge in [0.15, 0.2) is 0 Å². The second-order valence-electron chi connectivity index (χ2n) is 5.17. The fourth-order valence-corrected chi connectivity index (χ4v) is 1.21. The number of amides is 1. The highest BCUT2D eigenvalue weighted by Gasteiger charge is 2.19. The average Bonchev–Trinajstić information content (AvgIpc) is 2.38. The maximum Gasteiger partial charge on any atom is 0.408 e. The monoisotopic (exact) mass is 304 g/mol. The van der Waals surface area contributed by atoms with Crippen molar-refractivity contribution in [3.05, 3.63) is 10.4 Å². The molecule has 21 heavy (non-hydrogen) atoms. The Hall–Kier alpha value is -1.54. The summed E-state index contributed by atoms with van der Waals surface area (Å²) in [4.78, 5) is 14.1. The predicted molar refractivity (Wildman–Crippen MR) is 75.9 cm³/mol. The van der Waals surface area contributed by atoms with E-state index < -0.39 is 17.7 Å². The Balaban J connectivity index is 3.70. The van der Waals surface area contributed by atoms with Crippen LogP contribution in [-0.2, 0) is 14.2 Å². The van der Waals surface area contributed by atoms with Crippen LogP contribution < -0.4 is 5.32 Å². The van der Waals surface area contributed by atoms with Crippen molar-refractivity contribution in [1.29, 1.82) is 0 Å². The SMILES string of the molecule is CC(C)(C)OC(=O)NC(CO)COCCOCCN=[N+]=[N-]. The Morgan fingerprint density at radius 3 is 2.57 bits per heavy atom. The van der Waals surface area contributed by atoms with Crippen LogP contribution in [0.4, 0.5) is 4.79 Å². The molecule has 0 fully saturated rings. The maximum absolute atomic E-state index is 11.5. The second-order valence-corrected chi connectivity index (χ2v) is 5.17. The van der Waals surface area contributed by atoms with Crippen LogP contribution >= 0.6 is 0 Å². The molecule has 0 saturated heterocycles. The summed E-state index contributed by atoms with van der Waals surface area (Å²) in [6.07, 6.45) is -0.601. The number of nitrogens with one attached hydrogen (secondary N) is 1. The Bertz CT molecular complexity index is 339. The van der Waals surface area contributed by atoms with E-state index in [1.54, 1.807) is 20.8 Å². The Labute approximate surface area is 124 Å². The van der Waals surface area contributed by atoms with Crippen molar-refractivity contribution in [2.45, 2.75) is 32.4 Å². The number of aliphatic hydroxyl groups is 1. The number of aliphatic hydroxyl groups excluding tert-OH is 1. The summed E-state index contributed by atoms with van der Waals surface area (Å²) in [6.45, 7) is 6.41. The number of nitrogens with zero attached hydrogens (tertiary/aromatic N) is 3. The van der Waals surface area contributed by atoms with E-state index in [0.717, 1.165) is 0 Å². The first kappa shape index (κ1) is 19.5. The van der Waals surface area contributed by atoms with Gasteiger partial charge in [0, 0.05) is 11.5 Å². The van der Waals surface area contributed by atoms with Gasteiger partial charge in [0.05, 0.1) is 39.1 Å². The quantitative estimate of drug-likeness (QED) is 0.271. The lowest BCUT2D eigenvalue weighted by Gasteiger charge is -2.22. The molecule has 0 aromatic heterocycles. The van der Waals surface area contributed by atoms with Gasteiger partial charge in [0.25, 0.3) is 0 Å². The number of carbonyl (C=O) groups excluding carboxylic acids is 1. The van der Waals surface area contributed by atoms with Crippen molar-refractivity contribution in [2.24, 2.45) is 5.11 Å². The molecular weight excluding hydrogens is 280 g/mol. The number of alkyl carbamates (subject to hydrolysis) is 1. The number of rotatable bonds is 10. The maximum atomic E-state index is 11.5. The molecule has 0 spiro atoms. The summed E-state index contributed by atoms with van der Waals surface area (Å²) in [5.41, 5.74) is 7.45. The van der Waals surface area contributed by atoms with Crippen LogP contribution in [0, 0.1) is 0 Å². The highest BCUT2D eigenvalue weighted by atomic mass is 16.6. The predicted octanol–water partition coefficient (Wildman–Crippen LogP) is 1.22. The minimum absolute atomic E-state index is 0.148. The minimum atomic E-state index is -0.601. The molecule has 0 aromatic carbocycles. The van der Waals surface area contributed by atoms with Crippen LogP contribution in [0.5, 0.6) is 0 Å². The normalized spacial score (nSPS) is 12.4. The van der Waals surface area contributed by atoms with Crippen molar-refractivity contribution < 1.29 is 24.1 Å². The number of carbonyl (C=O) groups is 1. The van der Waals surface area contributed by atoms with Gasteiger partial charge in [-0.15, -0.1) is 0 Å². The molecule has 0 aliphatic heterocycles. The van der Waals surface area contributed by atoms with Crippen LogP contribution in [0.15, 0.2) is 5.11 Å². The summed E-state index contributed by atoms with van der Waals surface area (Å²) in [7, 11) is 0. The van der Waals surface area contributed by atoms with Crippen LogP contribution in [0.3, 0.4) is 0 Å². The highest BCUT2D eigenvalue weighted by molar-refractivity contribution is 5.68. The number of hydrogen-bond acceptors (Lipinski definition) is 6. The molecule has 1 amide bonds. The number of azide groups is 1. The van der Waals surface area contributed by atoms with Crippen LogP contribution in [0.2, 0.25) is 0 Å². The molecule has 0 saturated carbocycles. The third kappa shape index (κ3) is 13.2. The zero-order valence-electron chi connectivity index (χ0n) is 12.7. The first-order chi connectivity index (χ1) is 9.89. The van der Waals surface area contributed by atoms with Gasteiger partial charge in [-0.2, -0.15) is 0 Å². The topological polar surface area (TPSA) is 126 Å². The van der Waals surface area contributed by atoms with E-state index in [4.69, 9.17) is 24.8 Å². The fourth-order valence-electron chi connectivity index (χ4n) is 1.21. The molecule has 1 unspecified atom stereocenters. The molecule has 9 nitrogen and oxygen atoms in total. The lowest BCUT2D eigenvalue weighted by atomic mass is 10.2. The van der Waals surface area contributed by atoms with Gasteiger partial charge in [0.2, 0.25) is 0 Å². The molecule has 0 bridgehead atoms. The van der Waals surface area contributed by atoms with Gasteiger partial charge in [-0.05, 0) is 26.3 Å². The average molecular weight is 304 g/mol. The summed E-state index contributed by atoms with van der Waals surface area (Å²) in [5.74, 6) is 0. The minimum Gasteiger partial charge on any atom is -0.444 e. The van der Waals surface area contributed by atoms with Crippen molar-refractivity contribution in [3.8, 4) is 0 Å². The fraction of sp³-hybridized carbons (Fsp3) is 0.917. The largest absolute Gasteiger partial charge is 0.444 e. The molecule has 122 valence electrons. The standard InChI is InChI=1S/C12H24N4O5/c1-12(2,3)21-11(18)15-10(8-17)9-20-7-6-19-5-4-14-16-13/h10,17H,4-9H2,1-3H3,(H,15,18). The van der Waals surface area contributed by atoms with Gasteiger partial charge in [-0.3, -0.25) is 0 Å². The van der Waals surface area contributed by atoms with Gasteiger partial charge in [0.1, 0.15) is 5.60 Å². The molecule has 1 atom stereocenters. The van der Waals surface area contributed by atoms with Crippen molar-refractivity contribution in [1.82, 2.24) is 5.32 Å². The van der Waals surface area contributed by atoms with E-state index in [0.29, 0.717) is 19.8 Å². The molecule has 0 heterocycles. The van der Waals surface area contributed by atoms with Gasteiger partial charge in [-0.1, -0.05) is 5.11 Å². The zero-order chi connectivity index (χ0) is 16.1. The van der Waals surface area contributed by atoms with Crippen molar-refractivity contribution >= 4 is 6.09 Å². The summed E-state index contributed by atoms with van der Waals surface area (Å²) in [5, 5.41) is 15.0. The summed E-state index contributed by atoms with van der Waals surface area (Å²) < 4.78 is 15.5. The lowest BCUT2D eigenvalue weighted by Crippen LogP contribution is -2.43. The Morgan fingerprint density at radius 2 is 2.00 bits per heavy atom. The van der Waals surface area contributed by atoms with E-state index in [9.17, 15) is 4.79 Å². The van der Waals surface area contributed by atoms with E-state index in [1.807, 2.05) is 0 Å². The molecule has 0 radical (unpaired) electrons. The first-order valence-corrected chi connectivity index (χ1v) is 6.65. The first-order valence-electron chi connectivity index (χ1n) is 6.65. The smallest absolute Gasteiger partial charge is 0.408 e. The number of hydrogen-bond donors (Lipinski definition) is 2. The molecule has 0 rings (SSSR count). The van der Waals surface area contributed by atoms with Crippen LogP contribution in [0.1, 0.15) is 20.8 Å². The summed E-state index contributed by atoms with van der Waals surface area (Å²) in [6, 6.07) is -0.539. The molecule has 0 aromatic rings. The summed E-state index contributed by atoms with van der Waals surface area (Å²) >= 11 is 0. The van der Waals surface area contributed by atoms with Crippen molar-refractivity contribution in [2.75, 3.05) is 39.6 Å². The Kier molecular flexibility index (Phi) is 10.3. The molecule has 0 aliphatic rings. The van der Waals surface area contributed by atoms with Crippen LogP contribution in [0.25, 0.3) is 10.4 Å². The van der Waals surface area contributed by atoms with E-state index >= 15 is 0 Å².